The Balaban J connectivity index is 1.32. The Morgan fingerprint density at radius 1 is 1.06 bits per heavy atom. The number of aliphatic imine (C=N–C) groups is 1. The van der Waals surface area contributed by atoms with Gasteiger partial charge >= 0.3 is 12.0 Å². The molecule has 0 aliphatic carbocycles. The fourth-order valence-corrected chi connectivity index (χ4v) is 4.63. The van der Waals surface area contributed by atoms with Crippen molar-refractivity contribution in [1.82, 2.24) is 23.9 Å². The molecule has 0 bridgehead atoms. The van der Waals surface area contributed by atoms with Gasteiger partial charge in [-0.25, -0.2) is 18.9 Å². The number of nitrogens with zero attached hydrogens (tertiary/aromatic N) is 7. The number of hydrogen-bond acceptors (Lipinski definition) is 4. The van der Waals surface area contributed by atoms with Crippen LogP contribution in [-0.2, 0) is 24.3 Å². The lowest BCUT2D eigenvalue weighted by atomic mass is 10.1. The van der Waals surface area contributed by atoms with Crippen molar-refractivity contribution in [1.29, 1.82) is 0 Å². The number of aryl methyl sites for hydroxylation is 3. The maximum Gasteiger partial charge on any atom is 0.401 e. The van der Waals surface area contributed by atoms with Gasteiger partial charge in [0.1, 0.15) is 11.9 Å². The van der Waals surface area contributed by atoms with Gasteiger partial charge in [0.25, 0.3) is 5.91 Å². The second kappa shape index (κ2) is 8.65. The number of fused-ring (bicyclic) bond motifs is 3. The molecule has 1 unspecified atom stereocenters. The number of benzene rings is 1. The summed E-state index contributed by atoms with van der Waals surface area (Å²) in [5.74, 6) is 1.02. The molecular formula is C24H28N7O2+. The Bertz CT molecular complexity index is 1200. The van der Waals surface area contributed by atoms with Crippen LogP contribution in [0.15, 0.2) is 60.2 Å². The molecule has 1 fully saturated rings. The van der Waals surface area contributed by atoms with Crippen LogP contribution in [0.1, 0.15) is 30.1 Å². The number of imide groups is 1. The molecule has 0 N–H and O–H groups in total. The summed E-state index contributed by atoms with van der Waals surface area (Å²) in [6.07, 6.45) is 9.94. The molecule has 1 atom stereocenters. The van der Waals surface area contributed by atoms with Crippen LogP contribution in [0.25, 0.3) is 0 Å². The predicted octanol–water partition coefficient (Wildman–Crippen LogP) is 2.48. The summed E-state index contributed by atoms with van der Waals surface area (Å²) < 4.78 is 6.08. The van der Waals surface area contributed by atoms with E-state index in [-0.39, 0.29) is 11.9 Å². The van der Waals surface area contributed by atoms with E-state index in [1.165, 1.54) is 15.4 Å². The average Bonchev–Trinajstić information content (AvgIpc) is 3.53. The van der Waals surface area contributed by atoms with E-state index < -0.39 is 6.04 Å². The Morgan fingerprint density at radius 2 is 1.88 bits per heavy atom. The SMILES string of the molecule is Cc1c[n+]2c(n1CCCn1ccnc1)N=C1C2C(=O)N(CCCc2ccccc2)C(=O)N1C. The summed E-state index contributed by atoms with van der Waals surface area (Å²) in [5.41, 5.74) is 2.24. The van der Waals surface area contributed by atoms with Crippen LogP contribution in [0.2, 0.25) is 0 Å². The number of amides is 3. The Hall–Kier alpha value is -3.75. The molecular weight excluding hydrogens is 418 g/mol. The molecule has 4 heterocycles. The predicted molar refractivity (Wildman–Crippen MR) is 122 cm³/mol. The number of amidine groups is 1. The first-order valence-corrected chi connectivity index (χ1v) is 11.3. The summed E-state index contributed by atoms with van der Waals surface area (Å²) in [6.45, 7) is 4.03. The summed E-state index contributed by atoms with van der Waals surface area (Å²) >= 11 is 0. The minimum Gasteiger partial charge on any atom is -0.337 e. The third kappa shape index (κ3) is 3.83. The second-order valence-corrected chi connectivity index (χ2v) is 8.58. The van der Waals surface area contributed by atoms with Crippen molar-refractivity contribution < 1.29 is 14.2 Å². The first-order chi connectivity index (χ1) is 16.0. The van der Waals surface area contributed by atoms with E-state index in [1.807, 2.05) is 53.0 Å². The largest absolute Gasteiger partial charge is 0.401 e. The zero-order chi connectivity index (χ0) is 22.9. The first kappa shape index (κ1) is 21.1. The Kier molecular flexibility index (Phi) is 5.53. The highest BCUT2D eigenvalue weighted by Gasteiger charge is 2.52. The molecule has 0 saturated carbocycles. The van der Waals surface area contributed by atoms with Crippen LogP contribution < -0.4 is 4.57 Å². The standard InChI is InChI=1S/C24H28N7O2/c1-18-16-31-20-21(26-23(31)29(18)14-7-12-28-15-11-25-17-28)27(2)24(33)30(22(20)32)13-6-10-19-8-4-3-5-9-19/h3-5,8-9,11,15-17,20H,6-7,10,12-14H2,1-2H3/q+1. The monoisotopic (exact) mass is 446 g/mol. The van der Waals surface area contributed by atoms with Crippen LogP contribution in [0.3, 0.4) is 0 Å². The Labute approximate surface area is 192 Å². The van der Waals surface area contributed by atoms with Crippen molar-refractivity contribution in [3.8, 4) is 0 Å². The molecule has 5 rings (SSSR count). The van der Waals surface area contributed by atoms with Gasteiger partial charge in [0.05, 0.1) is 12.9 Å². The summed E-state index contributed by atoms with van der Waals surface area (Å²) in [7, 11) is 1.70. The van der Waals surface area contributed by atoms with Crippen LogP contribution >= 0.6 is 0 Å². The number of aromatic nitrogens is 4. The van der Waals surface area contributed by atoms with Gasteiger partial charge in [-0.3, -0.25) is 14.6 Å². The van der Waals surface area contributed by atoms with Crippen LogP contribution in [-0.4, -0.2) is 55.3 Å². The van der Waals surface area contributed by atoms with Crippen molar-refractivity contribution >= 4 is 23.7 Å². The number of rotatable bonds is 8. The van der Waals surface area contributed by atoms with E-state index in [2.05, 4.69) is 21.7 Å². The van der Waals surface area contributed by atoms with Crippen molar-refractivity contribution in [3.05, 3.63) is 66.5 Å². The van der Waals surface area contributed by atoms with Gasteiger partial charge in [0.15, 0.2) is 0 Å². The highest BCUT2D eigenvalue weighted by molar-refractivity contribution is 6.19. The lowest BCUT2D eigenvalue weighted by Gasteiger charge is -2.33. The number of likely N-dealkylation sites (N-methyl/N-ethyl adjacent to an activating group) is 1. The Morgan fingerprint density at radius 3 is 2.64 bits per heavy atom. The van der Waals surface area contributed by atoms with Gasteiger partial charge in [-0.05, 0) is 31.7 Å². The molecule has 2 aliphatic rings. The molecule has 2 aliphatic heterocycles. The smallest absolute Gasteiger partial charge is 0.337 e. The average molecular weight is 447 g/mol. The fourth-order valence-electron chi connectivity index (χ4n) is 4.63. The summed E-state index contributed by atoms with van der Waals surface area (Å²) in [4.78, 5) is 38.1. The van der Waals surface area contributed by atoms with Crippen molar-refractivity contribution in [2.75, 3.05) is 13.6 Å². The van der Waals surface area contributed by atoms with Gasteiger partial charge in [-0.1, -0.05) is 35.3 Å². The number of carbonyl (C=O) groups excluding carboxylic acids is 2. The highest BCUT2D eigenvalue weighted by Crippen LogP contribution is 2.29. The quantitative estimate of drug-likeness (QED) is 0.499. The van der Waals surface area contributed by atoms with Gasteiger partial charge in [0, 0.05) is 32.5 Å². The van der Waals surface area contributed by atoms with Crippen LogP contribution in [0, 0.1) is 6.92 Å². The van der Waals surface area contributed by atoms with Crippen molar-refractivity contribution in [2.24, 2.45) is 4.99 Å². The van der Waals surface area contributed by atoms with Crippen LogP contribution in [0.4, 0.5) is 10.7 Å². The molecule has 9 nitrogen and oxygen atoms in total. The number of urea groups is 1. The van der Waals surface area contributed by atoms with Gasteiger partial charge in [-0.15, -0.1) is 0 Å². The molecule has 2 aromatic heterocycles. The first-order valence-electron chi connectivity index (χ1n) is 11.3. The lowest BCUT2D eigenvalue weighted by molar-refractivity contribution is -0.677. The molecule has 3 amide bonds. The van der Waals surface area contributed by atoms with Gasteiger partial charge in [0.2, 0.25) is 11.9 Å². The molecule has 1 aromatic carbocycles. The van der Waals surface area contributed by atoms with E-state index in [0.29, 0.717) is 12.4 Å². The minimum absolute atomic E-state index is 0.204. The lowest BCUT2D eigenvalue weighted by Crippen LogP contribution is -2.62. The van der Waals surface area contributed by atoms with E-state index in [0.717, 1.165) is 44.0 Å². The molecule has 0 spiro atoms. The van der Waals surface area contributed by atoms with E-state index in [4.69, 9.17) is 4.99 Å². The normalized spacial score (nSPS) is 17.4. The molecule has 33 heavy (non-hydrogen) atoms. The number of hydrogen-bond donors (Lipinski definition) is 0. The number of carbonyl (C=O) groups is 2. The second-order valence-electron chi connectivity index (χ2n) is 8.58. The summed E-state index contributed by atoms with van der Waals surface area (Å²) in [5, 5.41) is 0. The fraction of sp³-hybridized carbons (Fsp3) is 0.375. The molecule has 3 aromatic rings. The minimum atomic E-state index is -0.590. The van der Waals surface area contributed by atoms with Gasteiger partial charge in [-0.2, -0.15) is 0 Å². The van der Waals surface area contributed by atoms with Gasteiger partial charge < -0.3 is 4.57 Å². The van der Waals surface area contributed by atoms with E-state index in [9.17, 15) is 9.59 Å². The molecule has 9 heteroatoms. The third-order valence-electron chi connectivity index (χ3n) is 6.37. The third-order valence-corrected chi connectivity index (χ3v) is 6.37. The molecule has 0 radical (unpaired) electrons. The maximum atomic E-state index is 13.4. The maximum absolute atomic E-state index is 13.4. The zero-order valence-electron chi connectivity index (χ0n) is 19.0. The van der Waals surface area contributed by atoms with E-state index in [1.54, 1.807) is 13.2 Å². The highest BCUT2D eigenvalue weighted by atomic mass is 16.2. The summed E-state index contributed by atoms with van der Waals surface area (Å²) in [6, 6.07) is 9.22. The van der Waals surface area contributed by atoms with E-state index >= 15 is 0 Å². The van der Waals surface area contributed by atoms with Crippen molar-refractivity contribution in [3.63, 3.8) is 0 Å². The zero-order valence-corrected chi connectivity index (χ0v) is 19.0. The number of imidazole rings is 2. The molecule has 1 saturated heterocycles. The van der Waals surface area contributed by atoms with Crippen LogP contribution in [0.5, 0.6) is 0 Å². The van der Waals surface area contributed by atoms with Crippen molar-refractivity contribution in [2.45, 2.75) is 45.3 Å². The molecule has 170 valence electrons. The topological polar surface area (TPSA) is 79.6 Å².